The summed E-state index contributed by atoms with van der Waals surface area (Å²) in [4.78, 5) is 0. The largest absolute Gasteiger partial charge is 0.490 e. The Balaban J connectivity index is 2.08. The van der Waals surface area contributed by atoms with Gasteiger partial charge in [0.05, 0.1) is 6.07 Å². The number of benzene rings is 1. The van der Waals surface area contributed by atoms with Crippen molar-refractivity contribution in [3.63, 3.8) is 0 Å². The van der Waals surface area contributed by atoms with Crippen molar-refractivity contribution in [1.29, 1.82) is 5.26 Å². The van der Waals surface area contributed by atoms with E-state index in [1.165, 1.54) is 5.56 Å². The van der Waals surface area contributed by atoms with E-state index in [0.717, 1.165) is 37.1 Å². The van der Waals surface area contributed by atoms with E-state index in [1.807, 2.05) is 13.0 Å². The first-order chi connectivity index (χ1) is 9.61. The van der Waals surface area contributed by atoms with Crippen LogP contribution in [0.5, 0.6) is 5.75 Å². The van der Waals surface area contributed by atoms with Crippen LogP contribution in [0.1, 0.15) is 37.3 Å². The Hall–Kier alpha value is -1.53. The molecule has 1 aromatic carbocycles. The van der Waals surface area contributed by atoms with Crippen LogP contribution in [0.2, 0.25) is 0 Å². The highest BCUT2D eigenvalue weighted by Crippen LogP contribution is 2.40. The molecule has 0 bridgehead atoms. The smallest absolute Gasteiger partial charge is 0.143 e. The minimum absolute atomic E-state index is 0.429. The molecule has 1 aromatic rings. The fourth-order valence-corrected chi connectivity index (χ4v) is 2.45. The Morgan fingerprint density at radius 1 is 1.40 bits per heavy atom. The van der Waals surface area contributed by atoms with Gasteiger partial charge in [-0.2, -0.15) is 5.26 Å². The van der Waals surface area contributed by atoms with Gasteiger partial charge in [-0.1, -0.05) is 19.1 Å². The second-order valence-electron chi connectivity index (χ2n) is 5.84. The minimum atomic E-state index is -0.522. The summed E-state index contributed by atoms with van der Waals surface area (Å²) in [6, 6.07) is 8.67. The summed E-state index contributed by atoms with van der Waals surface area (Å²) in [6.45, 7) is 7.51. The third-order valence-electron chi connectivity index (χ3n) is 3.96. The molecule has 108 valence electrons. The van der Waals surface area contributed by atoms with Crippen LogP contribution < -0.4 is 10.1 Å². The summed E-state index contributed by atoms with van der Waals surface area (Å²) in [5.41, 5.74) is 1.78. The summed E-state index contributed by atoms with van der Waals surface area (Å²) < 4.78 is 5.99. The van der Waals surface area contributed by atoms with Gasteiger partial charge in [0, 0.05) is 0 Å². The maximum atomic E-state index is 9.62. The maximum Gasteiger partial charge on any atom is 0.143 e. The Morgan fingerprint density at radius 3 is 2.75 bits per heavy atom. The SMILES string of the molecule is CCCNC(C#N)(COc1cc(C)ccc1C)C1CC1. The van der Waals surface area contributed by atoms with Gasteiger partial charge in [0.25, 0.3) is 0 Å². The molecule has 0 aliphatic heterocycles. The predicted octanol–water partition coefficient (Wildman–Crippen LogP) is 3.35. The van der Waals surface area contributed by atoms with Gasteiger partial charge in [0.15, 0.2) is 0 Å². The zero-order valence-electron chi connectivity index (χ0n) is 12.7. The fraction of sp³-hybridized carbons (Fsp3) is 0.588. The lowest BCUT2D eigenvalue weighted by Crippen LogP contribution is -2.51. The maximum absolute atomic E-state index is 9.62. The first kappa shape index (κ1) is 14.9. The highest BCUT2D eigenvalue weighted by Gasteiger charge is 2.46. The van der Waals surface area contributed by atoms with Crippen molar-refractivity contribution in [1.82, 2.24) is 5.32 Å². The molecule has 1 N–H and O–H groups in total. The van der Waals surface area contributed by atoms with Gasteiger partial charge in [-0.15, -0.1) is 0 Å². The molecular formula is C17H24N2O. The number of hydrogen-bond donors (Lipinski definition) is 1. The van der Waals surface area contributed by atoms with E-state index in [9.17, 15) is 5.26 Å². The summed E-state index contributed by atoms with van der Waals surface area (Å²) in [5, 5.41) is 13.0. The van der Waals surface area contributed by atoms with Crippen LogP contribution in [0.3, 0.4) is 0 Å². The summed E-state index contributed by atoms with van der Waals surface area (Å²) in [7, 11) is 0. The molecule has 2 rings (SSSR count). The molecule has 0 radical (unpaired) electrons. The van der Waals surface area contributed by atoms with Crippen molar-refractivity contribution in [3.05, 3.63) is 29.3 Å². The lowest BCUT2D eigenvalue weighted by molar-refractivity contribution is 0.201. The Morgan fingerprint density at radius 2 is 2.15 bits per heavy atom. The van der Waals surface area contributed by atoms with E-state index in [4.69, 9.17) is 4.74 Å². The van der Waals surface area contributed by atoms with Gasteiger partial charge < -0.3 is 4.74 Å². The lowest BCUT2D eigenvalue weighted by atomic mass is 9.96. The molecule has 1 atom stereocenters. The zero-order chi connectivity index (χ0) is 14.6. The number of nitriles is 1. The number of ether oxygens (including phenoxy) is 1. The predicted molar refractivity (Wildman–Crippen MR) is 80.8 cm³/mol. The monoisotopic (exact) mass is 272 g/mol. The van der Waals surface area contributed by atoms with Gasteiger partial charge in [-0.05, 0) is 62.8 Å². The first-order valence-corrected chi connectivity index (χ1v) is 7.47. The molecule has 1 aliphatic rings. The fourth-order valence-electron chi connectivity index (χ4n) is 2.45. The normalized spacial score (nSPS) is 17.3. The van der Waals surface area contributed by atoms with E-state index in [1.54, 1.807) is 0 Å². The van der Waals surface area contributed by atoms with Crippen molar-refractivity contribution < 1.29 is 4.74 Å². The van der Waals surface area contributed by atoms with E-state index in [-0.39, 0.29) is 0 Å². The van der Waals surface area contributed by atoms with Gasteiger partial charge in [-0.3, -0.25) is 5.32 Å². The average molecular weight is 272 g/mol. The molecule has 3 heteroatoms. The van der Waals surface area contributed by atoms with Crippen molar-refractivity contribution >= 4 is 0 Å². The highest BCUT2D eigenvalue weighted by molar-refractivity contribution is 5.36. The van der Waals surface area contributed by atoms with Crippen LogP contribution in [0.15, 0.2) is 18.2 Å². The number of nitrogens with one attached hydrogen (secondary N) is 1. The Labute approximate surface area is 121 Å². The van der Waals surface area contributed by atoms with Crippen molar-refractivity contribution in [2.24, 2.45) is 5.92 Å². The molecule has 1 saturated carbocycles. The summed E-state index contributed by atoms with van der Waals surface area (Å²) >= 11 is 0. The summed E-state index contributed by atoms with van der Waals surface area (Å²) in [5.74, 6) is 1.33. The molecule has 20 heavy (non-hydrogen) atoms. The van der Waals surface area contributed by atoms with E-state index in [0.29, 0.717) is 12.5 Å². The number of hydrogen-bond acceptors (Lipinski definition) is 3. The quantitative estimate of drug-likeness (QED) is 0.828. The molecule has 1 fully saturated rings. The van der Waals surface area contributed by atoms with Crippen LogP contribution in [-0.2, 0) is 0 Å². The van der Waals surface area contributed by atoms with Gasteiger partial charge in [-0.25, -0.2) is 0 Å². The van der Waals surface area contributed by atoms with Gasteiger partial charge >= 0.3 is 0 Å². The van der Waals surface area contributed by atoms with Crippen molar-refractivity contribution in [2.75, 3.05) is 13.2 Å². The molecule has 0 saturated heterocycles. The van der Waals surface area contributed by atoms with Gasteiger partial charge in [0.1, 0.15) is 17.9 Å². The lowest BCUT2D eigenvalue weighted by Gasteiger charge is -2.28. The molecule has 0 heterocycles. The van der Waals surface area contributed by atoms with E-state index < -0.39 is 5.54 Å². The van der Waals surface area contributed by atoms with E-state index in [2.05, 4.69) is 37.4 Å². The number of nitrogens with zero attached hydrogens (tertiary/aromatic N) is 1. The van der Waals surface area contributed by atoms with Gasteiger partial charge in [0.2, 0.25) is 0 Å². The van der Waals surface area contributed by atoms with Crippen molar-refractivity contribution in [2.45, 2.75) is 45.6 Å². The molecule has 0 aromatic heterocycles. The second kappa shape index (κ2) is 6.28. The standard InChI is InChI=1S/C17H24N2O/c1-4-9-19-17(11-18,15-7-8-15)12-20-16-10-13(2)5-6-14(16)3/h5-6,10,15,19H,4,7-9,12H2,1-3H3. The second-order valence-corrected chi connectivity index (χ2v) is 5.84. The number of aryl methyl sites for hydroxylation is 2. The average Bonchev–Trinajstić information content (AvgIpc) is 3.28. The Bertz CT molecular complexity index is 502. The first-order valence-electron chi connectivity index (χ1n) is 7.47. The molecule has 0 spiro atoms. The van der Waals surface area contributed by atoms with Crippen LogP contribution in [-0.4, -0.2) is 18.7 Å². The molecule has 1 unspecified atom stereocenters. The van der Waals surface area contributed by atoms with E-state index >= 15 is 0 Å². The molecule has 3 nitrogen and oxygen atoms in total. The third-order valence-corrected chi connectivity index (χ3v) is 3.96. The minimum Gasteiger partial charge on any atom is -0.490 e. The number of rotatable bonds is 7. The van der Waals surface area contributed by atoms with Crippen LogP contribution in [0, 0.1) is 31.1 Å². The van der Waals surface area contributed by atoms with Crippen molar-refractivity contribution in [3.8, 4) is 11.8 Å². The van der Waals surface area contributed by atoms with Crippen LogP contribution in [0.25, 0.3) is 0 Å². The van der Waals surface area contributed by atoms with Crippen LogP contribution in [0.4, 0.5) is 0 Å². The van der Waals surface area contributed by atoms with Crippen LogP contribution >= 0.6 is 0 Å². The Kier molecular flexibility index (Phi) is 4.67. The topological polar surface area (TPSA) is 45.0 Å². The third kappa shape index (κ3) is 3.32. The molecular weight excluding hydrogens is 248 g/mol. The summed E-state index contributed by atoms with van der Waals surface area (Å²) in [6.07, 6.45) is 3.28. The molecule has 1 aliphatic carbocycles. The molecule has 0 amide bonds. The zero-order valence-corrected chi connectivity index (χ0v) is 12.7. The highest BCUT2D eigenvalue weighted by atomic mass is 16.5.